The Morgan fingerprint density at radius 2 is 1.70 bits per heavy atom. The van der Waals surface area contributed by atoms with E-state index >= 15 is 0 Å². The lowest BCUT2D eigenvalue weighted by Crippen LogP contribution is -2.74. The first-order valence-corrected chi connectivity index (χ1v) is 15.7. The first-order valence-electron chi connectivity index (χ1n) is 15.7. The van der Waals surface area contributed by atoms with Gasteiger partial charge in [-0.25, -0.2) is 0 Å². The number of carbonyl (C=O) groups is 3. The molecule has 0 saturated heterocycles. The summed E-state index contributed by atoms with van der Waals surface area (Å²) < 4.78 is 0. The van der Waals surface area contributed by atoms with E-state index in [0.29, 0.717) is 18.4 Å². The molecule has 8 heteroatoms. The van der Waals surface area contributed by atoms with Crippen LogP contribution in [0.25, 0.3) is 0 Å². The zero-order valence-electron chi connectivity index (χ0n) is 26.5. The monoisotopic (exact) mass is 584 g/mol. The first kappa shape index (κ1) is 29.9. The fourth-order valence-electron chi connectivity index (χ4n) is 10.6. The van der Waals surface area contributed by atoms with Crippen LogP contribution in [-0.4, -0.2) is 43.9 Å². The van der Waals surface area contributed by atoms with E-state index in [4.69, 9.17) is 0 Å². The lowest BCUT2D eigenvalue weighted by Gasteiger charge is -2.71. The molecular weight excluding hydrogens is 540 g/mol. The van der Waals surface area contributed by atoms with Crippen LogP contribution in [0.5, 0.6) is 0 Å². The van der Waals surface area contributed by atoms with E-state index in [9.17, 15) is 24.8 Å². The molecule has 8 nitrogen and oxygen atoms in total. The summed E-state index contributed by atoms with van der Waals surface area (Å²) in [5, 5.41) is 33.8. The molecule has 0 radical (unpaired) electrons. The number of amides is 1. The van der Waals surface area contributed by atoms with Gasteiger partial charge in [-0.3, -0.25) is 14.4 Å². The van der Waals surface area contributed by atoms with Crippen molar-refractivity contribution in [3.05, 3.63) is 47.3 Å². The molecule has 2 N–H and O–H groups in total. The Hall–Kier alpha value is -3.18. The summed E-state index contributed by atoms with van der Waals surface area (Å²) in [6.07, 6.45) is 11.5. The van der Waals surface area contributed by atoms with Crippen molar-refractivity contribution < 1.29 is 19.5 Å². The lowest BCUT2D eigenvalue weighted by atomic mass is 9.33. The van der Waals surface area contributed by atoms with Crippen molar-refractivity contribution in [2.24, 2.45) is 38.9 Å². The molecule has 1 heterocycles. The summed E-state index contributed by atoms with van der Waals surface area (Å²) in [5.74, 6) is -1.08. The van der Waals surface area contributed by atoms with Gasteiger partial charge in [0.15, 0.2) is 11.6 Å². The molecule has 1 aromatic rings. The SMILES string of the molecule is CC1(C)C(=O)C(C#N)=C[C@]2(C)C3=CC(=O)[C@]4(O)[C@@H]5C[C@@](C)(NC(=O)c6ccnnc6)CC[C@@]5(C)CC[C@@]4(C)[C@]3(C)CC[C@@H]12. The number of allylic oxidation sites excluding steroid dienone is 3. The van der Waals surface area contributed by atoms with Crippen LogP contribution in [0.1, 0.15) is 104 Å². The van der Waals surface area contributed by atoms with Crippen LogP contribution < -0.4 is 5.32 Å². The topological polar surface area (TPSA) is 133 Å². The largest absolute Gasteiger partial charge is 0.381 e. The second-order valence-corrected chi connectivity index (χ2v) is 16.0. The van der Waals surface area contributed by atoms with Crippen molar-refractivity contribution in [3.63, 3.8) is 0 Å². The molecule has 1 amide bonds. The van der Waals surface area contributed by atoms with Crippen molar-refractivity contribution in [1.29, 1.82) is 5.26 Å². The van der Waals surface area contributed by atoms with Crippen LogP contribution in [0.4, 0.5) is 0 Å². The van der Waals surface area contributed by atoms with Gasteiger partial charge < -0.3 is 10.4 Å². The molecule has 0 bridgehead atoms. The molecule has 0 unspecified atom stereocenters. The van der Waals surface area contributed by atoms with Crippen molar-refractivity contribution in [2.75, 3.05) is 0 Å². The van der Waals surface area contributed by atoms with Gasteiger partial charge in [-0.1, -0.05) is 47.6 Å². The van der Waals surface area contributed by atoms with Gasteiger partial charge in [0.05, 0.1) is 23.5 Å². The summed E-state index contributed by atoms with van der Waals surface area (Å²) in [6.45, 7) is 14.5. The van der Waals surface area contributed by atoms with E-state index in [1.165, 1.54) is 12.4 Å². The second kappa shape index (κ2) is 8.94. The number of hydrogen-bond donors (Lipinski definition) is 2. The van der Waals surface area contributed by atoms with Crippen molar-refractivity contribution in [3.8, 4) is 6.07 Å². The summed E-state index contributed by atoms with van der Waals surface area (Å²) in [6, 6.07) is 3.78. The van der Waals surface area contributed by atoms with Gasteiger partial charge in [-0.15, -0.1) is 0 Å². The van der Waals surface area contributed by atoms with Crippen LogP contribution in [0, 0.1) is 50.2 Å². The molecule has 0 spiro atoms. The number of ketones is 2. The first-order chi connectivity index (χ1) is 19.9. The fraction of sp³-hybridized carbons (Fsp3) is 0.657. The maximum absolute atomic E-state index is 14.6. The number of fused-ring (bicyclic) bond motifs is 7. The quantitative estimate of drug-likeness (QED) is 0.482. The van der Waals surface area contributed by atoms with Gasteiger partial charge in [0.25, 0.3) is 5.91 Å². The van der Waals surface area contributed by atoms with Crippen LogP contribution in [0.15, 0.2) is 41.8 Å². The molecule has 6 rings (SSSR count). The van der Waals surface area contributed by atoms with Crippen LogP contribution in [0.2, 0.25) is 0 Å². The van der Waals surface area contributed by atoms with Gasteiger partial charge in [-0.05, 0) is 86.3 Å². The van der Waals surface area contributed by atoms with Crippen molar-refractivity contribution >= 4 is 17.5 Å². The number of nitrogens with one attached hydrogen (secondary N) is 1. The maximum atomic E-state index is 14.6. The minimum Gasteiger partial charge on any atom is -0.381 e. The highest BCUT2D eigenvalue weighted by molar-refractivity contribution is 6.05. The number of aliphatic hydroxyl groups is 1. The predicted molar refractivity (Wildman–Crippen MR) is 160 cm³/mol. The van der Waals surface area contributed by atoms with Gasteiger partial charge in [0.2, 0.25) is 0 Å². The Labute approximate surface area is 254 Å². The van der Waals surface area contributed by atoms with E-state index < -0.39 is 32.8 Å². The van der Waals surface area contributed by atoms with Crippen LogP contribution in [0.3, 0.4) is 0 Å². The summed E-state index contributed by atoms with van der Waals surface area (Å²) >= 11 is 0. The van der Waals surface area contributed by atoms with Crippen LogP contribution in [-0.2, 0) is 9.59 Å². The van der Waals surface area contributed by atoms with E-state index in [-0.39, 0.29) is 40.3 Å². The van der Waals surface area contributed by atoms with Crippen LogP contribution >= 0.6 is 0 Å². The summed E-state index contributed by atoms with van der Waals surface area (Å²) in [5.41, 5.74) is -3.69. The second-order valence-electron chi connectivity index (χ2n) is 16.0. The van der Waals surface area contributed by atoms with E-state index in [0.717, 1.165) is 37.7 Å². The normalized spacial score (nSPS) is 44.8. The average molecular weight is 585 g/mol. The molecule has 8 atom stereocenters. The molecule has 3 fully saturated rings. The maximum Gasteiger partial charge on any atom is 0.253 e. The Balaban J connectivity index is 1.45. The van der Waals surface area contributed by atoms with Gasteiger partial charge in [0.1, 0.15) is 11.7 Å². The third kappa shape index (κ3) is 3.67. The summed E-state index contributed by atoms with van der Waals surface area (Å²) in [7, 11) is 0. The number of Topliss-reactive ketones (excluding diaryl/α,β-unsaturated/α-hetero) is 1. The highest BCUT2D eigenvalue weighted by Gasteiger charge is 2.75. The number of carbonyl (C=O) groups excluding carboxylic acids is 3. The van der Waals surface area contributed by atoms with E-state index in [1.807, 2.05) is 26.8 Å². The van der Waals surface area contributed by atoms with Gasteiger partial charge in [-0.2, -0.15) is 15.5 Å². The summed E-state index contributed by atoms with van der Waals surface area (Å²) in [4.78, 5) is 41.1. The Kier molecular flexibility index (Phi) is 6.21. The van der Waals surface area contributed by atoms with E-state index in [1.54, 1.807) is 12.1 Å². The minimum absolute atomic E-state index is 0.0590. The molecular formula is C35H44N4O4. The van der Waals surface area contributed by atoms with E-state index in [2.05, 4.69) is 49.3 Å². The molecule has 5 aliphatic rings. The lowest BCUT2D eigenvalue weighted by molar-refractivity contribution is -0.240. The fourth-order valence-corrected chi connectivity index (χ4v) is 10.6. The molecule has 43 heavy (non-hydrogen) atoms. The highest BCUT2D eigenvalue weighted by atomic mass is 16.3. The zero-order valence-corrected chi connectivity index (χ0v) is 26.5. The number of hydrogen-bond acceptors (Lipinski definition) is 7. The third-order valence-corrected chi connectivity index (χ3v) is 13.5. The molecule has 0 aromatic carbocycles. The molecule has 1 aromatic heterocycles. The molecule has 0 aliphatic heterocycles. The van der Waals surface area contributed by atoms with Gasteiger partial charge in [0, 0.05) is 27.7 Å². The minimum atomic E-state index is -1.63. The average Bonchev–Trinajstić information content (AvgIpc) is 2.96. The number of nitrogens with zero attached hydrogens (tertiary/aromatic N) is 3. The highest BCUT2D eigenvalue weighted by Crippen LogP contribution is 2.75. The number of rotatable bonds is 2. The number of nitriles is 1. The van der Waals surface area contributed by atoms with Crippen molar-refractivity contribution in [1.82, 2.24) is 15.5 Å². The Bertz CT molecular complexity index is 1540. The molecule has 228 valence electrons. The Morgan fingerprint density at radius 1 is 1.00 bits per heavy atom. The van der Waals surface area contributed by atoms with Gasteiger partial charge >= 0.3 is 0 Å². The standard InChI is InChI=1S/C35H44N4O4/c1-29(2)23-8-10-33(6)24(32(23,5)17-22(19-36)27(29)41)16-26(40)35(43)25-18-31(4,39-28(42)21-9-15-37-38-20-21)13-11-30(25,3)12-14-34(33,35)7/h9,15-17,20,23,25,43H,8,10-14,18H2,1-7H3,(H,39,42)/t23-,25+,30-,31-,32-,33+,34-,35+/m0/s1. The number of aromatic nitrogens is 2. The third-order valence-electron chi connectivity index (χ3n) is 13.5. The Morgan fingerprint density at radius 3 is 2.35 bits per heavy atom. The molecule has 5 aliphatic carbocycles. The smallest absolute Gasteiger partial charge is 0.253 e. The van der Waals surface area contributed by atoms with Crippen molar-refractivity contribution in [2.45, 2.75) is 105 Å². The zero-order chi connectivity index (χ0) is 31.4. The molecule has 3 saturated carbocycles. The predicted octanol–water partition coefficient (Wildman–Crippen LogP) is 5.29.